The molecule has 0 spiro atoms. The molecule has 1 fully saturated rings. The van der Waals surface area contributed by atoms with Crippen LogP contribution < -0.4 is 10.5 Å². The summed E-state index contributed by atoms with van der Waals surface area (Å²) in [6.45, 7) is 8.49. The number of anilines is 1. The molecule has 1 aliphatic carbocycles. The second-order valence-electron chi connectivity index (χ2n) is 8.27. The number of fused-ring (bicyclic) bond motifs is 4. The van der Waals surface area contributed by atoms with Crippen LogP contribution in [0.4, 0.5) is 5.82 Å². The Morgan fingerprint density at radius 2 is 1.78 bits per heavy atom. The minimum atomic E-state index is -0.00292. The first kappa shape index (κ1) is 17.2. The molecule has 0 N–H and O–H groups in total. The monoisotopic (exact) mass is 382 g/mol. The van der Waals surface area contributed by atoms with Gasteiger partial charge in [0.2, 0.25) is 0 Å². The van der Waals surface area contributed by atoms with Crippen LogP contribution in [0.1, 0.15) is 54.2 Å². The summed E-state index contributed by atoms with van der Waals surface area (Å²) in [7, 11) is 0. The summed E-state index contributed by atoms with van der Waals surface area (Å²) in [5.41, 5.74) is 4.43. The smallest absolute Gasteiger partial charge is 0.283 e. The lowest BCUT2D eigenvalue weighted by atomic mass is 9.91. The van der Waals surface area contributed by atoms with Crippen LogP contribution in [-0.4, -0.2) is 27.7 Å². The van der Waals surface area contributed by atoms with E-state index >= 15 is 0 Å². The standard InChI is InChI=1S/C21H26N4OS/c1-12-8-10-24(11-9-12)19-16-7-5-4-6-15(16)18-22-20-17(13(2)14(3)27-20)21(26)25(18)23-19/h12H,4-11H2,1-3H3. The van der Waals surface area contributed by atoms with Gasteiger partial charge >= 0.3 is 0 Å². The molecule has 1 saturated heterocycles. The molecular formula is C21H26N4OS. The molecule has 0 amide bonds. The Hall–Kier alpha value is -1.95. The molecule has 0 radical (unpaired) electrons. The van der Waals surface area contributed by atoms with E-state index in [1.54, 1.807) is 15.9 Å². The number of hydrogen-bond donors (Lipinski definition) is 0. The predicted octanol–water partition coefficient (Wildman–Crippen LogP) is 4.04. The first-order valence-corrected chi connectivity index (χ1v) is 11.0. The number of rotatable bonds is 1. The van der Waals surface area contributed by atoms with Gasteiger partial charge in [-0.05, 0) is 63.9 Å². The van der Waals surface area contributed by atoms with Gasteiger partial charge in [-0.2, -0.15) is 4.52 Å². The third-order valence-corrected chi connectivity index (χ3v) is 7.57. The largest absolute Gasteiger partial charge is 0.355 e. The van der Waals surface area contributed by atoms with Crippen LogP contribution >= 0.6 is 11.3 Å². The fourth-order valence-corrected chi connectivity index (χ4v) is 5.62. The van der Waals surface area contributed by atoms with Gasteiger partial charge in [-0.1, -0.05) is 6.92 Å². The third-order valence-electron chi connectivity index (χ3n) is 6.47. The second-order valence-corrected chi connectivity index (χ2v) is 9.48. The van der Waals surface area contributed by atoms with Gasteiger partial charge in [0.15, 0.2) is 11.5 Å². The number of nitrogens with zero attached hydrogens (tertiary/aromatic N) is 4. The summed E-state index contributed by atoms with van der Waals surface area (Å²) in [4.78, 5) is 22.7. The van der Waals surface area contributed by atoms with Crippen molar-refractivity contribution in [2.75, 3.05) is 18.0 Å². The summed E-state index contributed by atoms with van der Waals surface area (Å²) in [6.07, 6.45) is 6.81. The minimum Gasteiger partial charge on any atom is -0.355 e. The summed E-state index contributed by atoms with van der Waals surface area (Å²) in [5.74, 6) is 1.81. The van der Waals surface area contributed by atoms with Crippen LogP contribution in [0.2, 0.25) is 0 Å². The van der Waals surface area contributed by atoms with E-state index in [4.69, 9.17) is 10.1 Å². The first-order valence-electron chi connectivity index (χ1n) is 10.1. The maximum atomic E-state index is 13.3. The lowest BCUT2D eigenvalue weighted by Crippen LogP contribution is -2.36. The predicted molar refractivity (Wildman–Crippen MR) is 111 cm³/mol. The Balaban J connectivity index is 1.81. The van der Waals surface area contributed by atoms with Crippen molar-refractivity contribution in [3.8, 4) is 0 Å². The molecule has 0 saturated carbocycles. The molecular weight excluding hydrogens is 356 g/mol. The van der Waals surface area contributed by atoms with E-state index < -0.39 is 0 Å². The minimum absolute atomic E-state index is 0.00292. The van der Waals surface area contributed by atoms with Gasteiger partial charge in [0, 0.05) is 29.1 Å². The van der Waals surface area contributed by atoms with Gasteiger partial charge in [-0.25, -0.2) is 4.98 Å². The zero-order chi connectivity index (χ0) is 18.7. The number of thiophene rings is 1. The Kier molecular flexibility index (Phi) is 4.00. The second kappa shape index (κ2) is 6.30. The molecule has 5 rings (SSSR count). The van der Waals surface area contributed by atoms with Crippen LogP contribution in [0.15, 0.2) is 4.79 Å². The normalized spacial score (nSPS) is 18.4. The third kappa shape index (κ3) is 2.60. The van der Waals surface area contributed by atoms with Crippen molar-refractivity contribution in [2.24, 2.45) is 5.92 Å². The number of piperidine rings is 1. The fraction of sp³-hybridized carbons (Fsp3) is 0.571. The van der Waals surface area contributed by atoms with Crippen molar-refractivity contribution in [3.05, 3.63) is 31.9 Å². The maximum absolute atomic E-state index is 13.3. The average Bonchev–Trinajstić information content (AvgIpc) is 2.96. The van der Waals surface area contributed by atoms with E-state index in [2.05, 4.69) is 18.7 Å². The Morgan fingerprint density at radius 1 is 1.07 bits per heavy atom. The van der Waals surface area contributed by atoms with Gasteiger partial charge < -0.3 is 4.90 Å². The molecule has 0 aromatic carbocycles. The molecule has 2 aliphatic rings. The van der Waals surface area contributed by atoms with Crippen LogP contribution in [0, 0.1) is 19.8 Å². The van der Waals surface area contributed by atoms with Crippen molar-refractivity contribution < 1.29 is 0 Å². The van der Waals surface area contributed by atoms with E-state index in [1.165, 1.54) is 41.7 Å². The lowest BCUT2D eigenvalue weighted by Gasteiger charge is -2.34. The topological polar surface area (TPSA) is 50.5 Å². The highest BCUT2D eigenvalue weighted by Crippen LogP contribution is 2.34. The van der Waals surface area contributed by atoms with Gasteiger partial charge in [0.25, 0.3) is 5.56 Å². The first-order chi connectivity index (χ1) is 13.0. The zero-order valence-corrected chi connectivity index (χ0v) is 17.2. The molecule has 0 atom stereocenters. The quantitative estimate of drug-likeness (QED) is 0.637. The average molecular weight is 383 g/mol. The molecule has 27 heavy (non-hydrogen) atoms. The van der Waals surface area contributed by atoms with E-state index in [1.807, 2.05) is 6.92 Å². The van der Waals surface area contributed by atoms with Crippen molar-refractivity contribution in [1.29, 1.82) is 0 Å². The molecule has 142 valence electrons. The molecule has 3 aromatic heterocycles. The number of aryl methyl sites for hydroxylation is 3. The molecule has 5 nitrogen and oxygen atoms in total. The zero-order valence-electron chi connectivity index (χ0n) is 16.3. The van der Waals surface area contributed by atoms with Crippen LogP contribution in [0.3, 0.4) is 0 Å². The number of aromatic nitrogens is 3. The van der Waals surface area contributed by atoms with Gasteiger partial charge in [-0.3, -0.25) is 4.79 Å². The molecule has 0 bridgehead atoms. The van der Waals surface area contributed by atoms with Crippen molar-refractivity contribution in [1.82, 2.24) is 14.6 Å². The number of hydrogen-bond acceptors (Lipinski definition) is 5. The maximum Gasteiger partial charge on any atom is 0.283 e. The lowest BCUT2D eigenvalue weighted by molar-refractivity contribution is 0.434. The summed E-state index contributed by atoms with van der Waals surface area (Å²) in [6, 6.07) is 0. The van der Waals surface area contributed by atoms with Crippen molar-refractivity contribution >= 4 is 33.0 Å². The highest BCUT2D eigenvalue weighted by molar-refractivity contribution is 7.18. The molecule has 4 heterocycles. The van der Waals surface area contributed by atoms with E-state index in [9.17, 15) is 4.79 Å². The van der Waals surface area contributed by atoms with Crippen molar-refractivity contribution in [3.63, 3.8) is 0 Å². The molecule has 6 heteroatoms. The summed E-state index contributed by atoms with van der Waals surface area (Å²) in [5, 5.41) is 5.66. The summed E-state index contributed by atoms with van der Waals surface area (Å²) >= 11 is 1.63. The SMILES string of the molecule is Cc1sc2nc3c4c(c(N5CCC(C)CC5)nn3c(=O)c2c1C)CCCC4. The van der Waals surface area contributed by atoms with E-state index in [0.29, 0.717) is 0 Å². The van der Waals surface area contributed by atoms with Crippen LogP contribution in [0.25, 0.3) is 15.9 Å². The fourth-order valence-electron chi connectivity index (χ4n) is 4.60. The van der Waals surface area contributed by atoms with Gasteiger partial charge in [-0.15, -0.1) is 16.4 Å². The molecule has 1 aliphatic heterocycles. The van der Waals surface area contributed by atoms with Crippen LogP contribution in [-0.2, 0) is 12.8 Å². The van der Waals surface area contributed by atoms with Crippen LogP contribution in [0.5, 0.6) is 0 Å². The molecule has 0 unspecified atom stereocenters. The van der Waals surface area contributed by atoms with Gasteiger partial charge in [0.05, 0.1) is 5.39 Å². The molecule has 3 aromatic rings. The Labute approximate surface area is 163 Å². The van der Waals surface area contributed by atoms with Gasteiger partial charge in [0.1, 0.15) is 4.83 Å². The summed E-state index contributed by atoms with van der Waals surface area (Å²) < 4.78 is 1.61. The Morgan fingerprint density at radius 3 is 2.52 bits per heavy atom. The highest BCUT2D eigenvalue weighted by Gasteiger charge is 2.27. The highest BCUT2D eigenvalue weighted by atomic mass is 32.1. The Bertz CT molecular complexity index is 1110. The van der Waals surface area contributed by atoms with E-state index in [-0.39, 0.29) is 5.56 Å². The van der Waals surface area contributed by atoms with Crippen molar-refractivity contribution in [2.45, 2.75) is 59.3 Å². The van der Waals surface area contributed by atoms with E-state index in [0.717, 1.165) is 59.1 Å².